The maximum atomic E-state index is 11.7. The number of piperidine rings is 1. The van der Waals surface area contributed by atoms with Gasteiger partial charge in [0.15, 0.2) is 0 Å². The molecule has 0 aromatic carbocycles. The quantitative estimate of drug-likeness (QED) is 0.721. The molecule has 1 saturated heterocycles. The van der Waals surface area contributed by atoms with Crippen molar-refractivity contribution >= 4 is 12.0 Å². The number of rotatable bonds is 7. The van der Waals surface area contributed by atoms with Crippen molar-refractivity contribution in [1.82, 2.24) is 10.2 Å². The summed E-state index contributed by atoms with van der Waals surface area (Å²) < 4.78 is 10.0. The highest BCUT2D eigenvalue weighted by Gasteiger charge is 2.24. The molecule has 0 spiro atoms. The van der Waals surface area contributed by atoms with E-state index in [1.165, 1.54) is 0 Å². The second-order valence-electron chi connectivity index (χ2n) is 5.04. The van der Waals surface area contributed by atoms with Gasteiger partial charge in [0.05, 0.1) is 13.2 Å². The maximum absolute atomic E-state index is 11.7. The molecular weight excluding hydrogens is 260 g/mol. The number of unbranched alkanes of at least 4 members (excludes halogenated alkanes) is 1. The highest BCUT2D eigenvalue weighted by molar-refractivity contribution is 5.76. The Labute approximate surface area is 120 Å². The third-order valence-corrected chi connectivity index (χ3v) is 3.37. The molecule has 1 aliphatic rings. The maximum Gasteiger partial charge on any atom is 0.409 e. The number of likely N-dealkylation sites (tertiary alicyclic amines) is 1. The molecule has 0 aliphatic carbocycles. The average Bonchev–Trinajstić information content (AvgIpc) is 2.46. The van der Waals surface area contributed by atoms with E-state index in [9.17, 15) is 9.59 Å². The van der Waals surface area contributed by atoms with Crippen LogP contribution in [0.3, 0.4) is 0 Å². The molecule has 1 aliphatic heterocycles. The van der Waals surface area contributed by atoms with Crippen LogP contribution in [0, 0.1) is 0 Å². The van der Waals surface area contributed by atoms with E-state index in [2.05, 4.69) is 12.2 Å². The molecule has 0 bridgehead atoms. The van der Waals surface area contributed by atoms with Gasteiger partial charge < -0.3 is 19.7 Å². The molecule has 0 saturated carbocycles. The second-order valence-corrected chi connectivity index (χ2v) is 5.04. The minimum Gasteiger partial charge on any atom is -0.449 e. The summed E-state index contributed by atoms with van der Waals surface area (Å²) in [5, 5.41) is 2.97. The third-order valence-electron chi connectivity index (χ3n) is 3.37. The molecule has 1 rings (SSSR count). The van der Waals surface area contributed by atoms with E-state index < -0.39 is 0 Å². The first-order chi connectivity index (χ1) is 9.67. The molecule has 6 nitrogen and oxygen atoms in total. The predicted octanol–water partition coefficient (Wildman–Crippen LogP) is 1.54. The van der Waals surface area contributed by atoms with Crippen LogP contribution in [0.25, 0.3) is 0 Å². The summed E-state index contributed by atoms with van der Waals surface area (Å²) in [4.78, 5) is 25.0. The first-order valence-corrected chi connectivity index (χ1v) is 7.37. The molecule has 0 unspecified atom stereocenters. The largest absolute Gasteiger partial charge is 0.449 e. The predicted molar refractivity (Wildman–Crippen MR) is 75.5 cm³/mol. The fraction of sp³-hybridized carbons (Fsp3) is 0.857. The van der Waals surface area contributed by atoms with Gasteiger partial charge in [-0.2, -0.15) is 0 Å². The molecule has 116 valence electrons. The Kier molecular flexibility index (Phi) is 8.02. The van der Waals surface area contributed by atoms with Gasteiger partial charge in [-0.25, -0.2) is 4.79 Å². The summed E-state index contributed by atoms with van der Waals surface area (Å²) in [5.41, 5.74) is 0. The van der Waals surface area contributed by atoms with Crippen molar-refractivity contribution in [3.05, 3.63) is 0 Å². The highest BCUT2D eigenvalue weighted by atomic mass is 16.6. The number of carbonyl (C=O) groups is 2. The van der Waals surface area contributed by atoms with Gasteiger partial charge in [0.2, 0.25) is 5.91 Å². The Morgan fingerprint density at radius 1 is 1.25 bits per heavy atom. The second kappa shape index (κ2) is 9.58. The summed E-state index contributed by atoms with van der Waals surface area (Å²) in [6.45, 7) is 4.27. The van der Waals surface area contributed by atoms with Gasteiger partial charge in [0.25, 0.3) is 0 Å². The van der Waals surface area contributed by atoms with Crippen LogP contribution in [0.2, 0.25) is 0 Å². The zero-order valence-corrected chi connectivity index (χ0v) is 12.5. The summed E-state index contributed by atoms with van der Waals surface area (Å²) in [6, 6.07) is 0.152. The van der Waals surface area contributed by atoms with Crippen molar-refractivity contribution in [2.75, 3.05) is 33.4 Å². The summed E-state index contributed by atoms with van der Waals surface area (Å²) in [7, 11) is 1.58. The minimum atomic E-state index is -0.234. The first kappa shape index (κ1) is 16.8. The molecule has 0 aromatic heterocycles. The van der Waals surface area contributed by atoms with Gasteiger partial charge in [-0.15, -0.1) is 0 Å². The van der Waals surface area contributed by atoms with Crippen LogP contribution in [-0.2, 0) is 14.3 Å². The number of hydrogen-bond donors (Lipinski definition) is 1. The monoisotopic (exact) mass is 286 g/mol. The van der Waals surface area contributed by atoms with E-state index in [1.807, 2.05) is 0 Å². The normalized spacial score (nSPS) is 16.0. The summed E-state index contributed by atoms with van der Waals surface area (Å²) >= 11 is 0. The number of amides is 2. The van der Waals surface area contributed by atoms with Gasteiger partial charge >= 0.3 is 6.09 Å². The molecule has 1 fully saturated rings. The van der Waals surface area contributed by atoms with Crippen molar-refractivity contribution in [3.8, 4) is 0 Å². The molecular formula is C14H26N2O4. The Hall–Kier alpha value is -1.30. The molecule has 6 heteroatoms. The molecule has 2 amide bonds. The van der Waals surface area contributed by atoms with E-state index in [0.717, 1.165) is 25.7 Å². The fourth-order valence-corrected chi connectivity index (χ4v) is 2.10. The summed E-state index contributed by atoms with van der Waals surface area (Å²) in [6.07, 6.45) is 3.63. The summed E-state index contributed by atoms with van der Waals surface area (Å²) in [5.74, 6) is 0.0100. The van der Waals surface area contributed by atoms with Crippen LogP contribution < -0.4 is 5.32 Å². The van der Waals surface area contributed by atoms with E-state index in [1.54, 1.807) is 12.0 Å². The minimum absolute atomic E-state index is 0.0100. The van der Waals surface area contributed by atoms with Crippen molar-refractivity contribution in [2.45, 2.75) is 45.1 Å². The molecule has 0 radical (unpaired) electrons. The van der Waals surface area contributed by atoms with Crippen molar-refractivity contribution < 1.29 is 19.1 Å². The van der Waals surface area contributed by atoms with Crippen molar-refractivity contribution in [1.29, 1.82) is 0 Å². The lowest BCUT2D eigenvalue weighted by molar-refractivity contribution is -0.122. The highest BCUT2D eigenvalue weighted by Crippen LogP contribution is 2.12. The van der Waals surface area contributed by atoms with E-state index >= 15 is 0 Å². The van der Waals surface area contributed by atoms with Gasteiger partial charge in [0.1, 0.15) is 0 Å². The average molecular weight is 286 g/mol. The van der Waals surface area contributed by atoms with Crippen molar-refractivity contribution in [2.24, 2.45) is 0 Å². The van der Waals surface area contributed by atoms with Crippen LogP contribution in [0.15, 0.2) is 0 Å². The number of nitrogens with zero attached hydrogens (tertiary/aromatic N) is 1. The van der Waals surface area contributed by atoms with Crippen LogP contribution in [0.4, 0.5) is 4.79 Å². The molecule has 0 aromatic rings. The van der Waals surface area contributed by atoms with E-state index in [4.69, 9.17) is 9.47 Å². The van der Waals surface area contributed by atoms with Crippen LogP contribution >= 0.6 is 0 Å². The lowest BCUT2D eigenvalue weighted by atomic mass is 10.1. The number of methoxy groups -OCH3 is 1. The third kappa shape index (κ3) is 6.23. The van der Waals surface area contributed by atoms with Crippen LogP contribution in [-0.4, -0.2) is 56.4 Å². The molecule has 1 heterocycles. The van der Waals surface area contributed by atoms with Gasteiger partial charge in [-0.1, -0.05) is 13.3 Å². The molecule has 20 heavy (non-hydrogen) atoms. The van der Waals surface area contributed by atoms with Gasteiger partial charge in [0, 0.05) is 32.7 Å². The number of nitrogens with one attached hydrogen (secondary N) is 1. The van der Waals surface area contributed by atoms with Crippen LogP contribution in [0.1, 0.15) is 39.0 Å². The molecule has 1 N–H and O–H groups in total. The zero-order chi connectivity index (χ0) is 14.8. The zero-order valence-electron chi connectivity index (χ0n) is 12.5. The number of carbonyl (C=O) groups excluding carboxylic acids is 2. The molecule has 0 atom stereocenters. The van der Waals surface area contributed by atoms with E-state index in [0.29, 0.717) is 32.7 Å². The fourth-order valence-electron chi connectivity index (χ4n) is 2.10. The Balaban J connectivity index is 2.19. The smallest absolute Gasteiger partial charge is 0.409 e. The Bertz CT molecular complexity index is 302. The first-order valence-electron chi connectivity index (χ1n) is 7.37. The van der Waals surface area contributed by atoms with Crippen LogP contribution in [0.5, 0.6) is 0 Å². The SMILES string of the molecule is CCCCOC(=O)N1CCC(NC(=O)CCOC)CC1. The number of hydrogen-bond acceptors (Lipinski definition) is 4. The van der Waals surface area contributed by atoms with Crippen molar-refractivity contribution in [3.63, 3.8) is 0 Å². The lowest BCUT2D eigenvalue weighted by Gasteiger charge is -2.31. The topological polar surface area (TPSA) is 67.9 Å². The Morgan fingerprint density at radius 2 is 1.95 bits per heavy atom. The van der Waals surface area contributed by atoms with Gasteiger partial charge in [-0.3, -0.25) is 4.79 Å². The lowest BCUT2D eigenvalue weighted by Crippen LogP contribution is -2.46. The standard InChI is InChI=1S/C14H26N2O4/c1-3-4-10-20-14(18)16-8-5-12(6-9-16)15-13(17)7-11-19-2/h12H,3-11H2,1-2H3,(H,15,17). The number of ether oxygens (including phenoxy) is 2. The van der Waals surface area contributed by atoms with E-state index in [-0.39, 0.29) is 18.0 Å². The Morgan fingerprint density at radius 3 is 2.55 bits per heavy atom. The van der Waals surface area contributed by atoms with Gasteiger partial charge in [-0.05, 0) is 19.3 Å².